The number of alkyl halides is 3. The molecule has 0 spiro atoms. The van der Waals surface area contributed by atoms with Crippen molar-refractivity contribution in [3.8, 4) is 0 Å². The second kappa shape index (κ2) is 5.39. The van der Waals surface area contributed by atoms with Crippen LogP contribution in [-0.2, 0) is 6.18 Å². The first-order chi connectivity index (χ1) is 9.77. The number of halogens is 4. The SMILES string of the molecule is Nc1cccc(C(=O)Nc2cc(C(F)(F)F)ccc2F)n1. The maximum atomic E-state index is 13.5. The number of nitrogen functional groups attached to an aromatic ring is 1. The third-order valence-corrected chi connectivity index (χ3v) is 2.55. The van der Waals surface area contributed by atoms with Crippen molar-refractivity contribution in [3.05, 3.63) is 53.5 Å². The molecule has 0 radical (unpaired) electrons. The van der Waals surface area contributed by atoms with Gasteiger partial charge < -0.3 is 11.1 Å². The van der Waals surface area contributed by atoms with Crippen LogP contribution in [0.5, 0.6) is 0 Å². The summed E-state index contributed by atoms with van der Waals surface area (Å²) in [5.74, 6) is -1.78. The number of aromatic nitrogens is 1. The Morgan fingerprint density at radius 1 is 1.19 bits per heavy atom. The minimum atomic E-state index is -4.64. The summed E-state index contributed by atoms with van der Waals surface area (Å²) in [7, 11) is 0. The number of carbonyl (C=O) groups excluding carboxylic acids is 1. The lowest BCUT2D eigenvalue weighted by Gasteiger charge is -2.10. The van der Waals surface area contributed by atoms with Crippen molar-refractivity contribution in [1.82, 2.24) is 4.98 Å². The van der Waals surface area contributed by atoms with E-state index in [1.807, 2.05) is 5.32 Å². The highest BCUT2D eigenvalue weighted by Gasteiger charge is 2.31. The lowest BCUT2D eigenvalue weighted by Crippen LogP contribution is -2.16. The molecule has 0 aliphatic carbocycles. The van der Waals surface area contributed by atoms with Crippen molar-refractivity contribution >= 4 is 17.4 Å². The van der Waals surface area contributed by atoms with E-state index in [0.29, 0.717) is 18.2 Å². The largest absolute Gasteiger partial charge is 0.416 e. The minimum absolute atomic E-state index is 0.0622. The highest BCUT2D eigenvalue weighted by atomic mass is 19.4. The summed E-state index contributed by atoms with van der Waals surface area (Å²) in [4.78, 5) is 15.5. The lowest BCUT2D eigenvalue weighted by molar-refractivity contribution is -0.137. The Morgan fingerprint density at radius 3 is 2.52 bits per heavy atom. The van der Waals surface area contributed by atoms with Crippen LogP contribution in [0.4, 0.5) is 29.1 Å². The average molecular weight is 299 g/mol. The van der Waals surface area contributed by atoms with Crippen LogP contribution in [0.25, 0.3) is 0 Å². The number of hydrogen-bond donors (Lipinski definition) is 2. The zero-order valence-corrected chi connectivity index (χ0v) is 10.4. The fourth-order valence-corrected chi connectivity index (χ4v) is 1.56. The van der Waals surface area contributed by atoms with Crippen LogP contribution in [0.15, 0.2) is 36.4 Å². The minimum Gasteiger partial charge on any atom is -0.384 e. The number of amides is 1. The molecular formula is C13H9F4N3O. The van der Waals surface area contributed by atoms with Crippen LogP contribution in [-0.4, -0.2) is 10.9 Å². The Labute approximate surface area is 116 Å². The van der Waals surface area contributed by atoms with E-state index in [9.17, 15) is 22.4 Å². The van der Waals surface area contributed by atoms with Gasteiger partial charge in [-0.1, -0.05) is 6.07 Å². The van der Waals surface area contributed by atoms with Crippen LogP contribution in [0.1, 0.15) is 16.1 Å². The van der Waals surface area contributed by atoms with Crippen molar-refractivity contribution in [3.63, 3.8) is 0 Å². The van der Waals surface area contributed by atoms with Gasteiger partial charge in [0.2, 0.25) is 0 Å². The second-order valence-electron chi connectivity index (χ2n) is 4.09. The number of carbonyl (C=O) groups is 1. The topological polar surface area (TPSA) is 68.0 Å². The molecule has 1 heterocycles. The monoisotopic (exact) mass is 299 g/mol. The van der Waals surface area contributed by atoms with Crippen LogP contribution in [0, 0.1) is 5.82 Å². The number of rotatable bonds is 2. The molecule has 2 aromatic rings. The molecule has 0 unspecified atom stereocenters. The van der Waals surface area contributed by atoms with Crippen LogP contribution >= 0.6 is 0 Å². The maximum Gasteiger partial charge on any atom is 0.416 e. The van der Waals surface area contributed by atoms with Crippen molar-refractivity contribution in [2.75, 3.05) is 11.1 Å². The molecule has 0 atom stereocenters. The Hall–Kier alpha value is -2.64. The van der Waals surface area contributed by atoms with Crippen molar-refractivity contribution < 1.29 is 22.4 Å². The van der Waals surface area contributed by atoms with E-state index in [-0.39, 0.29) is 11.5 Å². The first-order valence-electron chi connectivity index (χ1n) is 5.68. The smallest absolute Gasteiger partial charge is 0.384 e. The first-order valence-corrected chi connectivity index (χ1v) is 5.68. The number of nitrogens with zero attached hydrogens (tertiary/aromatic N) is 1. The Morgan fingerprint density at radius 2 is 1.90 bits per heavy atom. The molecule has 110 valence electrons. The lowest BCUT2D eigenvalue weighted by atomic mass is 10.2. The van der Waals surface area contributed by atoms with E-state index < -0.39 is 29.2 Å². The fourth-order valence-electron chi connectivity index (χ4n) is 1.56. The predicted octanol–water partition coefficient (Wildman–Crippen LogP) is 3.07. The van der Waals surface area contributed by atoms with Gasteiger partial charge in [-0.2, -0.15) is 13.2 Å². The van der Waals surface area contributed by atoms with Gasteiger partial charge in [0.25, 0.3) is 5.91 Å². The third-order valence-electron chi connectivity index (χ3n) is 2.55. The molecule has 4 nitrogen and oxygen atoms in total. The number of hydrogen-bond acceptors (Lipinski definition) is 3. The molecular weight excluding hydrogens is 290 g/mol. The molecule has 2 rings (SSSR count). The van der Waals surface area contributed by atoms with E-state index in [0.717, 1.165) is 0 Å². The second-order valence-corrected chi connectivity index (χ2v) is 4.09. The molecule has 8 heteroatoms. The third kappa shape index (κ3) is 3.47. The van der Waals surface area contributed by atoms with E-state index in [4.69, 9.17) is 5.73 Å². The molecule has 0 aliphatic heterocycles. The summed E-state index contributed by atoms with van der Waals surface area (Å²) >= 11 is 0. The average Bonchev–Trinajstić information content (AvgIpc) is 2.40. The van der Waals surface area contributed by atoms with Gasteiger partial charge in [0.15, 0.2) is 0 Å². The van der Waals surface area contributed by atoms with E-state index >= 15 is 0 Å². The summed E-state index contributed by atoms with van der Waals surface area (Å²) in [5.41, 5.74) is 3.60. The van der Waals surface area contributed by atoms with Crippen molar-refractivity contribution in [2.24, 2.45) is 0 Å². The molecule has 0 saturated carbocycles. The Bertz CT molecular complexity index is 685. The molecule has 21 heavy (non-hydrogen) atoms. The molecule has 1 aromatic carbocycles. The molecule has 0 saturated heterocycles. The molecule has 1 amide bonds. The van der Waals surface area contributed by atoms with Crippen LogP contribution < -0.4 is 11.1 Å². The van der Waals surface area contributed by atoms with Gasteiger partial charge in [-0.05, 0) is 30.3 Å². The zero-order chi connectivity index (χ0) is 15.6. The van der Waals surface area contributed by atoms with Gasteiger partial charge >= 0.3 is 6.18 Å². The molecule has 0 aliphatic rings. The van der Waals surface area contributed by atoms with E-state index in [1.54, 1.807) is 0 Å². The summed E-state index contributed by atoms with van der Waals surface area (Å²) < 4.78 is 51.1. The van der Waals surface area contributed by atoms with Gasteiger partial charge in [-0.25, -0.2) is 9.37 Å². The number of pyridine rings is 1. The van der Waals surface area contributed by atoms with Gasteiger partial charge in [0, 0.05) is 0 Å². The molecule has 3 N–H and O–H groups in total. The summed E-state index contributed by atoms with van der Waals surface area (Å²) in [6.45, 7) is 0. The Kier molecular flexibility index (Phi) is 3.79. The summed E-state index contributed by atoms with van der Waals surface area (Å²) in [6.07, 6.45) is -4.64. The number of nitrogens with two attached hydrogens (primary N) is 1. The first kappa shape index (κ1) is 14.8. The number of anilines is 2. The molecule has 0 fully saturated rings. The highest BCUT2D eigenvalue weighted by Crippen LogP contribution is 2.31. The van der Waals surface area contributed by atoms with E-state index in [2.05, 4.69) is 4.98 Å². The molecule has 0 bridgehead atoms. The van der Waals surface area contributed by atoms with E-state index in [1.165, 1.54) is 18.2 Å². The number of benzene rings is 1. The number of nitrogens with one attached hydrogen (secondary N) is 1. The van der Waals surface area contributed by atoms with Crippen LogP contribution in [0.3, 0.4) is 0 Å². The van der Waals surface area contributed by atoms with Crippen LogP contribution in [0.2, 0.25) is 0 Å². The van der Waals surface area contributed by atoms with Crippen molar-refractivity contribution in [1.29, 1.82) is 0 Å². The summed E-state index contributed by atoms with van der Waals surface area (Å²) in [5, 5.41) is 2.03. The van der Waals surface area contributed by atoms with Crippen molar-refractivity contribution in [2.45, 2.75) is 6.18 Å². The highest BCUT2D eigenvalue weighted by molar-refractivity contribution is 6.03. The normalized spacial score (nSPS) is 11.2. The van der Waals surface area contributed by atoms with Gasteiger partial charge in [0.1, 0.15) is 17.3 Å². The van der Waals surface area contributed by atoms with Gasteiger partial charge in [0.05, 0.1) is 11.3 Å². The van der Waals surface area contributed by atoms with Gasteiger partial charge in [-0.15, -0.1) is 0 Å². The predicted molar refractivity (Wildman–Crippen MR) is 68.0 cm³/mol. The zero-order valence-electron chi connectivity index (χ0n) is 10.4. The van der Waals surface area contributed by atoms with Gasteiger partial charge in [-0.3, -0.25) is 4.79 Å². The summed E-state index contributed by atoms with van der Waals surface area (Å²) in [6, 6.07) is 5.91. The fraction of sp³-hybridized carbons (Fsp3) is 0.0769. The maximum absolute atomic E-state index is 13.5. The standard InChI is InChI=1S/C13H9F4N3O/c14-8-5-4-7(13(15,16)17)6-10(8)20-12(21)9-2-1-3-11(18)19-9/h1-6H,(H2,18,19)(H,20,21). The Balaban J connectivity index is 2.29. The quantitative estimate of drug-likeness (QED) is 0.837. The molecule has 1 aromatic heterocycles.